The minimum Gasteiger partial charge on any atom is -0.658 e. The molecule has 0 aromatic heterocycles. The van der Waals surface area contributed by atoms with Gasteiger partial charge in [-0.25, -0.2) is 0 Å². The number of rotatable bonds is 2. The minimum atomic E-state index is 0. The molecule has 2 heteroatoms. The quantitative estimate of drug-likeness (QED) is 0.534. The van der Waals surface area contributed by atoms with Crippen molar-refractivity contribution >= 4 is 0 Å². The fraction of sp³-hybridized carbons (Fsp3) is 1.00. The Morgan fingerprint density at radius 1 is 0.875 bits per heavy atom. The molecule has 0 aliphatic rings. The summed E-state index contributed by atoms with van der Waals surface area (Å²) in [6.07, 6.45) is 0. The summed E-state index contributed by atoms with van der Waals surface area (Å²) in [5, 5.41) is 4.28. The van der Waals surface area contributed by atoms with Gasteiger partial charge in [-0.1, -0.05) is 27.7 Å². The summed E-state index contributed by atoms with van der Waals surface area (Å²) in [7, 11) is 0. The standard InChI is InChI=1S/C6H14N.Rb/c1-5(2)7-6(3)4;/h5-6H,1-4H3;/q-1;+1. The molecule has 0 unspecified atom stereocenters. The van der Waals surface area contributed by atoms with Crippen molar-refractivity contribution in [2.45, 2.75) is 39.8 Å². The topological polar surface area (TPSA) is 14.1 Å². The fourth-order valence-electron chi connectivity index (χ4n) is 0.596. The van der Waals surface area contributed by atoms with E-state index in [1.54, 1.807) is 0 Å². The predicted octanol–water partition coefficient (Wildman–Crippen LogP) is -0.819. The van der Waals surface area contributed by atoms with Gasteiger partial charge in [0.25, 0.3) is 0 Å². The van der Waals surface area contributed by atoms with Crippen LogP contribution in [-0.4, -0.2) is 12.1 Å². The normalized spacial score (nSPS) is 9.75. The minimum absolute atomic E-state index is 0. The Labute approximate surface area is 101 Å². The van der Waals surface area contributed by atoms with Crippen LogP contribution in [0.2, 0.25) is 0 Å². The monoisotopic (exact) mass is 185 g/mol. The maximum absolute atomic E-state index is 4.28. The summed E-state index contributed by atoms with van der Waals surface area (Å²) in [5.74, 6) is 0. The fourth-order valence-corrected chi connectivity index (χ4v) is 0.596. The van der Waals surface area contributed by atoms with Crippen LogP contribution in [0.3, 0.4) is 0 Å². The van der Waals surface area contributed by atoms with Crippen LogP contribution in [0.25, 0.3) is 5.32 Å². The van der Waals surface area contributed by atoms with Crippen LogP contribution in [-0.2, 0) is 0 Å². The number of hydrogen-bond acceptors (Lipinski definition) is 0. The van der Waals surface area contributed by atoms with Gasteiger partial charge < -0.3 is 5.32 Å². The van der Waals surface area contributed by atoms with Crippen molar-refractivity contribution in [1.29, 1.82) is 0 Å². The van der Waals surface area contributed by atoms with E-state index in [4.69, 9.17) is 0 Å². The Kier molecular flexibility index (Phi) is 10.7. The van der Waals surface area contributed by atoms with Crippen LogP contribution < -0.4 is 58.2 Å². The zero-order chi connectivity index (χ0) is 5.86. The van der Waals surface area contributed by atoms with E-state index in [2.05, 4.69) is 33.0 Å². The predicted molar refractivity (Wildman–Crippen MR) is 33.6 cm³/mol. The van der Waals surface area contributed by atoms with Crippen molar-refractivity contribution in [3.05, 3.63) is 5.32 Å². The zero-order valence-corrected chi connectivity index (χ0v) is 11.5. The van der Waals surface area contributed by atoms with E-state index in [1.165, 1.54) is 0 Å². The van der Waals surface area contributed by atoms with Crippen molar-refractivity contribution in [3.8, 4) is 0 Å². The smallest absolute Gasteiger partial charge is 0.658 e. The molecule has 0 spiro atoms. The van der Waals surface area contributed by atoms with Gasteiger partial charge in [0.15, 0.2) is 0 Å². The Bertz CT molecular complexity index is 37.8. The van der Waals surface area contributed by atoms with Gasteiger partial charge in [0, 0.05) is 0 Å². The first-order valence-corrected chi connectivity index (χ1v) is 2.83. The molecule has 0 atom stereocenters. The molecular formula is C6H14NRb. The summed E-state index contributed by atoms with van der Waals surface area (Å²) >= 11 is 0. The molecule has 0 aliphatic carbocycles. The van der Waals surface area contributed by atoms with Crippen molar-refractivity contribution in [1.82, 2.24) is 0 Å². The molecule has 0 aromatic carbocycles. The molecule has 0 radical (unpaired) electrons. The van der Waals surface area contributed by atoms with Gasteiger partial charge in [-0.05, 0) is 0 Å². The van der Waals surface area contributed by atoms with Crippen LogP contribution in [0.15, 0.2) is 0 Å². The van der Waals surface area contributed by atoms with E-state index >= 15 is 0 Å². The Hall–Kier alpha value is 1.77. The Balaban J connectivity index is 0. The van der Waals surface area contributed by atoms with Crippen LogP contribution >= 0.6 is 0 Å². The molecule has 8 heavy (non-hydrogen) atoms. The molecule has 0 aromatic rings. The van der Waals surface area contributed by atoms with Gasteiger partial charge in [-0.15, -0.1) is 12.1 Å². The van der Waals surface area contributed by atoms with Gasteiger partial charge in [0.05, 0.1) is 0 Å². The molecule has 0 N–H and O–H groups in total. The molecule has 0 saturated heterocycles. The maximum Gasteiger partial charge on any atom is 1.00 e. The van der Waals surface area contributed by atoms with Gasteiger partial charge in [0.2, 0.25) is 0 Å². The van der Waals surface area contributed by atoms with Crippen LogP contribution in [0.4, 0.5) is 0 Å². The first-order chi connectivity index (χ1) is 3.13. The van der Waals surface area contributed by atoms with Gasteiger partial charge in [0.1, 0.15) is 0 Å². The second-order valence-electron chi connectivity index (χ2n) is 2.34. The van der Waals surface area contributed by atoms with E-state index in [1.807, 2.05) is 0 Å². The Morgan fingerprint density at radius 2 is 1.12 bits per heavy atom. The molecule has 0 rings (SSSR count). The SMILES string of the molecule is CC(C)[N-]C(C)C.[Rb+]. The van der Waals surface area contributed by atoms with Crippen molar-refractivity contribution in [3.63, 3.8) is 0 Å². The summed E-state index contributed by atoms with van der Waals surface area (Å²) in [6.45, 7) is 8.39. The summed E-state index contributed by atoms with van der Waals surface area (Å²) in [4.78, 5) is 0. The second-order valence-corrected chi connectivity index (χ2v) is 2.34. The summed E-state index contributed by atoms with van der Waals surface area (Å²) < 4.78 is 0. The molecule has 0 heterocycles. The first-order valence-electron chi connectivity index (χ1n) is 2.83. The second kappa shape index (κ2) is 6.88. The molecule has 0 bridgehead atoms. The third-order valence-corrected chi connectivity index (χ3v) is 0.596. The molecule has 44 valence electrons. The van der Waals surface area contributed by atoms with Crippen LogP contribution in [0.1, 0.15) is 27.7 Å². The Morgan fingerprint density at radius 3 is 1.12 bits per heavy atom. The van der Waals surface area contributed by atoms with E-state index in [-0.39, 0.29) is 58.2 Å². The first kappa shape index (κ1) is 12.4. The third-order valence-electron chi connectivity index (χ3n) is 0.596. The van der Waals surface area contributed by atoms with Gasteiger partial charge in [-0.2, -0.15) is 0 Å². The molecule has 0 amide bonds. The molecule has 0 aliphatic heterocycles. The van der Waals surface area contributed by atoms with Crippen molar-refractivity contribution < 1.29 is 58.2 Å². The van der Waals surface area contributed by atoms with Gasteiger partial charge in [-0.3, -0.25) is 0 Å². The van der Waals surface area contributed by atoms with E-state index < -0.39 is 0 Å². The number of hydrogen-bond donors (Lipinski definition) is 0. The molecular weight excluding hydrogens is 172 g/mol. The summed E-state index contributed by atoms with van der Waals surface area (Å²) in [6, 6.07) is 1.000. The van der Waals surface area contributed by atoms with E-state index in [0.717, 1.165) is 0 Å². The zero-order valence-electron chi connectivity index (χ0n) is 6.60. The van der Waals surface area contributed by atoms with Crippen molar-refractivity contribution in [2.24, 2.45) is 0 Å². The largest absolute Gasteiger partial charge is 1.00 e. The molecule has 1 nitrogen and oxygen atoms in total. The number of nitrogens with zero attached hydrogens (tertiary/aromatic N) is 1. The van der Waals surface area contributed by atoms with E-state index in [0.29, 0.717) is 12.1 Å². The van der Waals surface area contributed by atoms with Crippen LogP contribution in [0, 0.1) is 0 Å². The van der Waals surface area contributed by atoms with Gasteiger partial charge >= 0.3 is 58.2 Å². The molecule has 0 saturated carbocycles. The summed E-state index contributed by atoms with van der Waals surface area (Å²) in [5.41, 5.74) is 0. The van der Waals surface area contributed by atoms with Crippen LogP contribution in [0.5, 0.6) is 0 Å². The van der Waals surface area contributed by atoms with Crippen molar-refractivity contribution in [2.75, 3.05) is 0 Å². The average molecular weight is 186 g/mol. The van der Waals surface area contributed by atoms with E-state index in [9.17, 15) is 0 Å². The molecule has 0 fully saturated rings. The average Bonchev–Trinajstić information content (AvgIpc) is 1.27. The third kappa shape index (κ3) is 10.7. The maximum atomic E-state index is 4.28.